The topological polar surface area (TPSA) is 68.5 Å². The maximum atomic E-state index is 4.54. The summed E-state index contributed by atoms with van der Waals surface area (Å²) in [6, 6.07) is 1.90. The molecular formula is C13H20N6. The first-order valence-corrected chi connectivity index (χ1v) is 6.72. The van der Waals surface area contributed by atoms with Crippen LogP contribution < -0.4 is 5.32 Å². The van der Waals surface area contributed by atoms with E-state index in [1.165, 1.54) is 0 Å². The normalized spacial score (nSPS) is 10.7. The van der Waals surface area contributed by atoms with E-state index in [1.54, 1.807) is 0 Å². The summed E-state index contributed by atoms with van der Waals surface area (Å²) in [6.45, 7) is 6.16. The van der Waals surface area contributed by atoms with Crippen LogP contribution in [0.3, 0.4) is 0 Å². The summed E-state index contributed by atoms with van der Waals surface area (Å²) < 4.78 is 1.82. The molecule has 6 nitrogen and oxygen atoms in total. The van der Waals surface area contributed by atoms with Gasteiger partial charge in [-0.25, -0.2) is 15.0 Å². The minimum absolute atomic E-state index is 0.778. The summed E-state index contributed by atoms with van der Waals surface area (Å²) in [5.74, 6) is 4.16. The molecule has 0 atom stereocenters. The van der Waals surface area contributed by atoms with Gasteiger partial charge < -0.3 is 5.32 Å². The monoisotopic (exact) mass is 260 g/mol. The molecule has 2 heterocycles. The summed E-state index contributed by atoms with van der Waals surface area (Å²) >= 11 is 0. The van der Waals surface area contributed by atoms with Gasteiger partial charge in [0.15, 0.2) is 11.6 Å². The van der Waals surface area contributed by atoms with Gasteiger partial charge in [-0.1, -0.05) is 20.8 Å². The van der Waals surface area contributed by atoms with Crippen molar-refractivity contribution in [1.29, 1.82) is 0 Å². The molecule has 2 aromatic heterocycles. The molecule has 0 radical (unpaired) electrons. The van der Waals surface area contributed by atoms with E-state index in [9.17, 15) is 0 Å². The van der Waals surface area contributed by atoms with Crippen LogP contribution in [0.5, 0.6) is 0 Å². The number of anilines is 1. The molecule has 2 rings (SSSR count). The van der Waals surface area contributed by atoms with Crippen molar-refractivity contribution in [3.8, 4) is 5.82 Å². The number of aromatic nitrogens is 5. The van der Waals surface area contributed by atoms with Crippen molar-refractivity contribution in [2.24, 2.45) is 0 Å². The molecule has 0 bridgehead atoms. The summed E-state index contributed by atoms with van der Waals surface area (Å²) in [4.78, 5) is 13.4. The molecule has 19 heavy (non-hydrogen) atoms. The highest BCUT2D eigenvalue weighted by Gasteiger charge is 2.12. The quantitative estimate of drug-likeness (QED) is 0.887. The highest BCUT2D eigenvalue weighted by Crippen LogP contribution is 2.13. The van der Waals surface area contributed by atoms with Crippen LogP contribution >= 0.6 is 0 Å². The van der Waals surface area contributed by atoms with Gasteiger partial charge in [-0.05, 0) is 0 Å². The first kappa shape index (κ1) is 13.5. The Hall–Kier alpha value is -1.98. The molecule has 0 saturated heterocycles. The maximum Gasteiger partial charge on any atom is 0.161 e. The maximum absolute atomic E-state index is 4.54. The fraction of sp³-hybridized carbons (Fsp3) is 0.538. The highest BCUT2D eigenvalue weighted by atomic mass is 15.4. The average molecular weight is 260 g/mol. The van der Waals surface area contributed by atoms with E-state index in [0.717, 1.165) is 48.4 Å². The zero-order valence-corrected chi connectivity index (χ0v) is 11.9. The number of hydrogen-bond acceptors (Lipinski definition) is 5. The molecule has 102 valence electrons. The Balaban J connectivity index is 2.53. The van der Waals surface area contributed by atoms with Crippen molar-refractivity contribution in [3.63, 3.8) is 0 Å². The van der Waals surface area contributed by atoms with Crippen LogP contribution in [0.25, 0.3) is 5.82 Å². The van der Waals surface area contributed by atoms with Crippen molar-refractivity contribution in [2.45, 2.75) is 40.0 Å². The number of nitrogens with one attached hydrogen (secondary N) is 1. The smallest absolute Gasteiger partial charge is 0.161 e. The van der Waals surface area contributed by atoms with Crippen LogP contribution in [0.2, 0.25) is 0 Å². The first-order chi connectivity index (χ1) is 9.21. The van der Waals surface area contributed by atoms with E-state index in [2.05, 4.69) is 39.2 Å². The van der Waals surface area contributed by atoms with E-state index in [4.69, 9.17) is 0 Å². The molecule has 0 amide bonds. The van der Waals surface area contributed by atoms with E-state index in [-0.39, 0.29) is 0 Å². The summed E-state index contributed by atoms with van der Waals surface area (Å²) in [5, 5.41) is 7.57. The number of hydrogen-bond donors (Lipinski definition) is 1. The lowest BCUT2D eigenvalue weighted by molar-refractivity contribution is 0.754. The van der Waals surface area contributed by atoms with Crippen LogP contribution in [-0.4, -0.2) is 31.8 Å². The summed E-state index contributed by atoms with van der Waals surface area (Å²) in [7, 11) is 1.85. The molecule has 0 aromatic carbocycles. The fourth-order valence-electron chi connectivity index (χ4n) is 1.83. The molecule has 0 aliphatic heterocycles. The summed E-state index contributed by atoms with van der Waals surface area (Å²) in [5.41, 5.74) is 0. The minimum atomic E-state index is 0.778. The number of rotatable bonds is 5. The second-order valence-corrected chi connectivity index (χ2v) is 4.19. The van der Waals surface area contributed by atoms with Crippen LogP contribution in [0.4, 0.5) is 5.82 Å². The third kappa shape index (κ3) is 2.72. The Labute approximate surface area is 113 Å². The van der Waals surface area contributed by atoms with Crippen LogP contribution in [0, 0.1) is 0 Å². The molecule has 1 N–H and O–H groups in total. The standard InChI is InChI=1S/C13H20N6/c1-5-9-15-11(14-4)8-13(16-9)19-12(7-3)17-10(6-2)18-19/h8H,5-7H2,1-4H3,(H,14,15,16). The lowest BCUT2D eigenvalue weighted by Crippen LogP contribution is -2.09. The largest absolute Gasteiger partial charge is 0.373 e. The van der Waals surface area contributed by atoms with Gasteiger partial charge in [0.05, 0.1) is 0 Å². The second kappa shape index (κ2) is 5.77. The molecule has 0 unspecified atom stereocenters. The SMILES string of the molecule is CCc1nc(NC)cc(-n2nc(CC)nc2CC)n1. The van der Waals surface area contributed by atoms with Crippen LogP contribution in [-0.2, 0) is 19.3 Å². The van der Waals surface area contributed by atoms with Gasteiger partial charge in [0.1, 0.15) is 17.5 Å². The number of aryl methyl sites for hydroxylation is 3. The van der Waals surface area contributed by atoms with E-state index in [1.807, 2.05) is 24.7 Å². The highest BCUT2D eigenvalue weighted by molar-refractivity contribution is 5.41. The van der Waals surface area contributed by atoms with Crippen LogP contribution in [0.1, 0.15) is 38.2 Å². The second-order valence-electron chi connectivity index (χ2n) is 4.19. The van der Waals surface area contributed by atoms with Gasteiger partial charge in [-0.3, -0.25) is 0 Å². The van der Waals surface area contributed by atoms with E-state index >= 15 is 0 Å². The van der Waals surface area contributed by atoms with Crippen LogP contribution in [0.15, 0.2) is 6.07 Å². The molecule has 0 fully saturated rings. The number of nitrogens with zero attached hydrogens (tertiary/aromatic N) is 5. The molecular weight excluding hydrogens is 240 g/mol. The van der Waals surface area contributed by atoms with Gasteiger partial charge in [0.25, 0.3) is 0 Å². The third-order valence-electron chi connectivity index (χ3n) is 2.90. The van der Waals surface area contributed by atoms with Gasteiger partial charge in [0.2, 0.25) is 0 Å². The zero-order chi connectivity index (χ0) is 13.8. The predicted octanol–water partition coefficient (Wildman–Crippen LogP) is 1.79. The fourth-order valence-corrected chi connectivity index (χ4v) is 1.83. The van der Waals surface area contributed by atoms with Gasteiger partial charge in [0, 0.05) is 32.4 Å². The molecule has 0 spiro atoms. The predicted molar refractivity (Wildman–Crippen MR) is 74.6 cm³/mol. The van der Waals surface area contributed by atoms with Gasteiger partial charge >= 0.3 is 0 Å². The molecule has 0 aliphatic rings. The van der Waals surface area contributed by atoms with E-state index < -0.39 is 0 Å². The van der Waals surface area contributed by atoms with Crippen molar-refractivity contribution in [3.05, 3.63) is 23.5 Å². The third-order valence-corrected chi connectivity index (χ3v) is 2.90. The zero-order valence-electron chi connectivity index (χ0n) is 11.9. The summed E-state index contributed by atoms with van der Waals surface area (Å²) in [6.07, 6.45) is 2.44. The Morgan fingerprint density at radius 1 is 1.00 bits per heavy atom. The average Bonchev–Trinajstić information content (AvgIpc) is 2.90. The molecule has 6 heteroatoms. The Morgan fingerprint density at radius 2 is 1.74 bits per heavy atom. The van der Waals surface area contributed by atoms with E-state index in [0.29, 0.717) is 0 Å². The Bertz CT molecular complexity index is 538. The lowest BCUT2D eigenvalue weighted by atomic mass is 10.4. The molecule has 2 aromatic rings. The van der Waals surface area contributed by atoms with Gasteiger partial charge in [-0.2, -0.15) is 4.68 Å². The van der Waals surface area contributed by atoms with Crippen molar-refractivity contribution in [2.75, 3.05) is 12.4 Å². The first-order valence-electron chi connectivity index (χ1n) is 6.72. The van der Waals surface area contributed by atoms with Crippen molar-refractivity contribution >= 4 is 5.82 Å². The minimum Gasteiger partial charge on any atom is -0.373 e. The van der Waals surface area contributed by atoms with Crippen molar-refractivity contribution < 1.29 is 0 Å². The Morgan fingerprint density at radius 3 is 2.32 bits per heavy atom. The molecule has 0 aliphatic carbocycles. The Kier molecular flexibility index (Phi) is 4.09. The van der Waals surface area contributed by atoms with Crippen molar-refractivity contribution in [1.82, 2.24) is 24.7 Å². The van der Waals surface area contributed by atoms with Gasteiger partial charge in [-0.15, -0.1) is 5.10 Å². The lowest BCUT2D eigenvalue weighted by Gasteiger charge is -2.08. The molecule has 0 saturated carbocycles.